The molecule has 23 heavy (non-hydrogen) atoms. The molecule has 0 spiro atoms. The summed E-state index contributed by atoms with van der Waals surface area (Å²) in [6.45, 7) is 5.35. The molecule has 1 unspecified atom stereocenters. The van der Waals surface area contributed by atoms with Crippen LogP contribution in [0.1, 0.15) is 45.1 Å². The van der Waals surface area contributed by atoms with E-state index >= 15 is 0 Å². The summed E-state index contributed by atoms with van der Waals surface area (Å²) in [5.41, 5.74) is 0.748. The molecule has 1 fully saturated rings. The molecule has 4 heteroatoms. The summed E-state index contributed by atoms with van der Waals surface area (Å²) in [6.07, 6.45) is -1.16. The summed E-state index contributed by atoms with van der Waals surface area (Å²) in [5.74, 6) is -1.77. The zero-order chi connectivity index (χ0) is 17.2. The minimum atomic E-state index is -2.61. The quantitative estimate of drug-likeness (QED) is 0.602. The van der Waals surface area contributed by atoms with Gasteiger partial charge in [0.2, 0.25) is 0 Å². The highest BCUT2D eigenvalue weighted by Gasteiger charge is 2.44. The summed E-state index contributed by atoms with van der Waals surface area (Å²) in [5, 5.41) is 0. The van der Waals surface area contributed by atoms with E-state index < -0.39 is 18.3 Å². The summed E-state index contributed by atoms with van der Waals surface area (Å²) in [6, 6.07) is 8.97. The second-order valence-corrected chi connectivity index (χ2v) is 7.06. The number of carbonyl (C=O) groups excluding carboxylic acids is 2. The second-order valence-electron chi connectivity index (χ2n) is 7.06. The van der Waals surface area contributed by atoms with Gasteiger partial charge in [-0.2, -0.15) is 0 Å². The summed E-state index contributed by atoms with van der Waals surface area (Å²) < 4.78 is 25.6. The van der Waals surface area contributed by atoms with Crippen molar-refractivity contribution < 1.29 is 18.4 Å². The van der Waals surface area contributed by atoms with Crippen LogP contribution in [0.2, 0.25) is 0 Å². The molecule has 124 valence electrons. The van der Waals surface area contributed by atoms with E-state index in [2.05, 4.69) is 0 Å². The molecule has 1 saturated carbocycles. The topological polar surface area (TPSA) is 34.1 Å². The smallest absolute Gasteiger partial charge is 0.257 e. The van der Waals surface area contributed by atoms with Gasteiger partial charge in [-0.3, -0.25) is 9.59 Å². The molecule has 2 nitrogen and oxygen atoms in total. The molecule has 0 aliphatic heterocycles. The van der Waals surface area contributed by atoms with Gasteiger partial charge in [-0.25, -0.2) is 8.78 Å². The lowest BCUT2D eigenvalue weighted by molar-refractivity contribution is -0.140. The van der Waals surface area contributed by atoms with Crippen molar-refractivity contribution in [2.45, 2.75) is 46.0 Å². The number of hydrogen-bond donors (Lipinski definition) is 0. The van der Waals surface area contributed by atoms with Crippen LogP contribution in [0.3, 0.4) is 0 Å². The Kier molecular flexibility index (Phi) is 5.12. The van der Waals surface area contributed by atoms with Gasteiger partial charge >= 0.3 is 0 Å². The number of hydrogen-bond acceptors (Lipinski definition) is 2. The van der Waals surface area contributed by atoms with Gasteiger partial charge in [0, 0.05) is 18.8 Å². The first-order valence-electron chi connectivity index (χ1n) is 7.78. The SMILES string of the molecule is C/C(=C\C(F)F)C(c1ccccc1)C1C(=O)CC(C)(C)CC1=O. The molecule has 1 aromatic carbocycles. The van der Waals surface area contributed by atoms with Crippen molar-refractivity contribution in [3.05, 3.63) is 47.5 Å². The number of benzene rings is 1. The number of allylic oxidation sites excluding steroid dienone is 2. The molecule has 0 amide bonds. The van der Waals surface area contributed by atoms with Crippen LogP contribution in [0, 0.1) is 11.3 Å². The van der Waals surface area contributed by atoms with Crippen molar-refractivity contribution in [1.82, 2.24) is 0 Å². The molecule has 1 aromatic rings. The highest BCUT2D eigenvalue weighted by atomic mass is 19.3. The standard InChI is InChI=1S/C19H22F2O2/c1-12(9-16(20)21)17(13-7-5-4-6-8-13)18-14(22)10-19(2,3)11-15(18)23/h4-9,16-18H,10-11H2,1-3H3/b12-9+. The zero-order valence-electron chi connectivity index (χ0n) is 13.7. The largest absolute Gasteiger partial charge is 0.299 e. The van der Waals surface area contributed by atoms with Crippen LogP contribution in [-0.4, -0.2) is 18.0 Å². The molecule has 0 bridgehead atoms. The molecule has 1 aliphatic rings. The Labute approximate surface area is 135 Å². The first-order valence-corrected chi connectivity index (χ1v) is 7.78. The summed E-state index contributed by atoms with van der Waals surface area (Å²) in [4.78, 5) is 25.2. The number of ketones is 2. The van der Waals surface area contributed by atoms with Crippen LogP contribution in [0.5, 0.6) is 0 Å². The lowest BCUT2D eigenvalue weighted by Crippen LogP contribution is -2.41. The van der Waals surface area contributed by atoms with Crippen LogP contribution in [-0.2, 0) is 9.59 Å². The highest BCUT2D eigenvalue weighted by molar-refractivity contribution is 6.06. The maximum atomic E-state index is 12.8. The molecule has 0 aromatic heterocycles. The predicted octanol–water partition coefficient (Wildman–Crippen LogP) is 4.56. The monoisotopic (exact) mass is 320 g/mol. The van der Waals surface area contributed by atoms with Crippen molar-refractivity contribution in [1.29, 1.82) is 0 Å². The number of Topliss-reactive ketones (excluding diaryl/α,β-unsaturated/α-hetero) is 2. The number of alkyl halides is 2. The third kappa shape index (κ3) is 4.12. The molecule has 0 N–H and O–H groups in total. The maximum Gasteiger partial charge on any atom is 0.257 e. The van der Waals surface area contributed by atoms with Gasteiger partial charge < -0.3 is 0 Å². The van der Waals surface area contributed by atoms with E-state index in [0.29, 0.717) is 18.4 Å². The van der Waals surface area contributed by atoms with E-state index in [1.54, 1.807) is 31.2 Å². The molecular formula is C19H22F2O2. The molecule has 0 radical (unpaired) electrons. The van der Waals surface area contributed by atoms with E-state index in [9.17, 15) is 18.4 Å². The average Bonchev–Trinajstić information content (AvgIpc) is 2.41. The van der Waals surface area contributed by atoms with Gasteiger partial charge in [0.25, 0.3) is 6.43 Å². The van der Waals surface area contributed by atoms with Crippen LogP contribution in [0.4, 0.5) is 8.78 Å². The van der Waals surface area contributed by atoms with E-state index in [4.69, 9.17) is 0 Å². The molecule has 1 aliphatic carbocycles. The van der Waals surface area contributed by atoms with E-state index in [1.807, 2.05) is 19.9 Å². The summed E-state index contributed by atoms with van der Waals surface area (Å²) >= 11 is 0. The van der Waals surface area contributed by atoms with Crippen LogP contribution < -0.4 is 0 Å². The van der Waals surface area contributed by atoms with Crippen LogP contribution in [0.15, 0.2) is 42.0 Å². The van der Waals surface area contributed by atoms with Gasteiger partial charge in [0.15, 0.2) is 0 Å². The van der Waals surface area contributed by atoms with E-state index in [0.717, 1.165) is 11.6 Å². The van der Waals surface area contributed by atoms with Gasteiger partial charge in [0.1, 0.15) is 11.6 Å². The molecule has 2 rings (SSSR count). The first-order chi connectivity index (χ1) is 10.7. The van der Waals surface area contributed by atoms with Gasteiger partial charge in [-0.05, 0) is 24.0 Å². The van der Waals surface area contributed by atoms with Crippen molar-refractivity contribution >= 4 is 11.6 Å². The van der Waals surface area contributed by atoms with Gasteiger partial charge in [-0.15, -0.1) is 0 Å². The Morgan fingerprint density at radius 3 is 2.13 bits per heavy atom. The second kappa shape index (κ2) is 6.73. The Morgan fingerprint density at radius 2 is 1.65 bits per heavy atom. The van der Waals surface area contributed by atoms with Crippen molar-refractivity contribution in [2.24, 2.45) is 11.3 Å². The molecule has 0 heterocycles. The maximum absolute atomic E-state index is 12.8. The van der Waals surface area contributed by atoms with Gasteiger partial charge in [0.05, 0.1) is 5.92 Å². The van der Waals surface area contributed by atoms with Crippen LogP contribution in [0.25, 0.3) is 0 Å². The summed E-state index contributed by atoms with van der Waals surface area (Å²) in [7, 11) is 0. The van der Waals surface area contributed by atoms with Crippen LogP contribution >= 0.6 is 0 Å². The molecule has 1 atom stereocenters. The Bertz CT molecular complexity index is 598. The van der Waals surface area contributed by atoms with Gasteiger partial charge in [-0.1, -0.05) is 49.8 Å². The highest BCUT2D eigenvalue weighted by Crippen LogP contribution is 2.42. The zero-order valence-corrected chi connectivity index (χ0v) is 13.7. The van der Waals surface area contributed by atoms with Crippen molar-refractivity contribution in [3.63, 3.8) is 0 Å². The number of halogens is 2. The van der Waals surface area contributed by atoms with E-state index in [-0.39, 0.29) is 17.0 Å². The number of carbonyl (C=O) groups is 2. The Balaban J connectivity index is 2.46. The first kappa shape index (κ1) is 17.5. The van der Waals surface area contributed by atoms with Crippen molar-refractivity contribution in [3.8, 4) is 0 Å². The Morgan fingerprint density at radius 1 is 1.13 bits per heavy atom. The minimum absolute atomic E-state index is 0.151. The average molecular weight is 320 g/mol. The molecular weight excluding hydrogens is 298 g/mol. The fraction of sp³-hybridized carbons (Fsp3) is 0.474. The lowest BCUT2D eigenvalue weighted by atomic mass is 9.65. The fourth-order valence-corrected chi connectivity index (χ4v) is 3.46. The third-order valence-electron chi connectivity index (χ3n) is 4.37. The minimum Gasteiger partial charge on any atom is -0.299 e. The number of rotatable bonds is 4. The third-order valence-corrected chi connectivity index (χ3v) is 4.37. The predicted molar refractivity (Wildman–Crippen MR) is 85.5 cm³/mol. The van der Waals surface area contributed by atoms with E-state index in [1.165, 1.54) is 0 Å². The Hall–Kier alpha value is -1.84. The van der Waals surface area contributed by atoms with Crippen molar-refractivity contribution in [2.75, 3.05) is 0 Å². The normalized spacial score (nSPS) is 20.9. The molecule has 0 saturated heterocycles. The lowest BCUT2D eigenvalue weighted by Gasteiger charge is -2.36. The fourth-order valence-electron chi connectivity index (χ4n) is 3.46.